The number of aryl methyl sites for hydroxylation is 1. The predicted molar refractivity (Wildman–Crippen MR) is 63.2 cm³/mol. The van der Waals surface area contributed by atoms with E-state index >= 15 is 0 Å². The number of nitrogens with one attached hydrogen (secondary N) is 1. The molecule has 1 aliphatic heterocycles. The lowest BCUT2D eigenvalue weighted by Crippen LogP contribution is -2.24. The van der Waals surface area contributed by atoms with Crippen LogP contribution < -0.4 is 0 Å². The first kappa shape index (κ1) is 10.3. The number of nitrogens with zero attached hydrogens (tertiary/aromatic N) is 1. The van der Waals surface area contributed by atoms with Crippen molar-refractivity contribution in [1.82, 2.24) is 9.88 Å². The summed E-state index contributed by atoms with van der Waals surface area (Å²) in [5.74, 6) is -0.0471. The number of hydrogen-bond donors (Lipinski definition) is 1. The molecule has 3 rings (SSSR count). The van der Waals surface area contributed by atoms with Crippen LogP contribution in [0.25, 0.3) is 0 Å². The maximum atomic E-state index is 12.4. The van der Waals surface area contributed by atoms with Crippen LogP contribution in [0.1, 0.15) is 39.0 Å². The number of fused-ring (bicyclic) bond motifs is 1. The summed E-state index contributed by atoms with van der Waals surface area (Å²) in [5.41, 5.74) is 4.00. The lowest BCUT2D eigenvalue weighted by Gasteiger charge is -2.17. The van der Waals surface area contributed by atoms with Gasteiger partial charge in [-0.25, -0.2) is 0 Å². The van der Waals surface area contributed by atoms with E-state index in [4.69, 9.17) is 0 Å². The lowest BCUT2D eigenvalue weighted by molar-refractivity contribution is 0.0958. The van der Waals surface area contributed by atoms with Gasteiger partial charge in [0, 0.05) is 24.4 Å². The van der Waals surface area contributed by atoms with Crippen LogP contribution in [0, 0.1) is 13.8 Å². The van der Waals surface area contributed by atoms with E-state index in [1.54, 1.807) is 6.92 Å². The second-order valence-corrected chi connectivity index (χ2v) is 4.74. The van der Waals surface area contributed by atoms with Crippen molar-refractivity contribution in [3.8, 4) is 0 Å². The van der Waals surface area contributed by atoms with Gasteiger partial charge in [-0.1, -0.05) is 0 Å². The smallest absolute Gasteiger partial charge is 0.212 e. The van der Waals surface area contributed by atoms with Gasteiger partial charge in [-0.05, 0) is 26.3 Å². The Morgan fingerprint density at radius 2 is 1.71 bits per heavy atom. The number of rotatable bonds is 1. The first-order valence-electron chi connectivity index (χ1n) is 5.76. The highest BCUT2D eigenvalue weighted by Gasteiger charge is 2.38. The molecule has 2 aliphatic rings. The molecule has 1 aliphatic carbocycles. The normalized spacial score (nSPS) is 18.9. The summed E-state index contributed by atoms with van der Waals surface area (Å²) in [5, 5.41) is 0. The van der Waals surface area contributed by atoms with Gasteiger partial charge in [0.2, 0.25) is 11.6 Å². The number of aromatic amines is 1. The minimum Gasteiger partial charge on any atom is -0.364 e. The first-order valence-corrected chi connectivity index (χ1v) is 5.76. The Bertz CT molecular complexity index is 589. The van der Waals surface area contributed by atoms with E-state index in [2.05, 4.69) is 4.98 Å². The SMILES string of the molecule is CC1=C(N2CC2)C(=O)c2c([nH]c(C)c2C)C1=O. The third-order valence-corrected chi connectivity index (χ3v) is 3.63. The zero-order valence-corrected chi connectivity index (χ0v) is 10.2. The number of carbonyl (C=O) groups is 2. The molecule has 1 aromatic heterocycles. The van der Waals surface area contributed by atoms with Crippen LogP contribution in [0.15, 0.2) is 11.3 Å². The summed E-state index contributed by atoms with van der Waals surface area (Å²) < 4.78 is 0. The van der Waals surface area contributed by atoms with Crippen molar-refractivity contribution < 1.29 is 9.59 Å². The minimum atomic E-state index is -0.0438. The van der Waals surface area contributed by atoms with Gasteiger partial charge in [0.25, 0.3) is 0 Å². The molecule has 0 spiro atoms. The standard InChI is InChI=1S/C13H14N2O2/c1-6-8(3)14-10-9(6)13(17)11(15-4-5-15)7(2)12(10)16/h14H,4-5H2,1-3H3. The van der Waals surface area contributed by atoms with Gasteiger partial charge >= 0.3 is 0 Å². The zero-order chi connectivity index (χ0) is 12.3. The summed E-state index contributed by atoms with van der Waals surface area (Å²) in [7, 11) is 0. The second-order valence-electron chi connectivity index (χ2n) is 4.74. The second kappa shape index (κ2) is 3.09. The summed E-state index contributed by atoms with van der Waals surface area (Å²) >= 11 is 0. The van der Waals surface area contributed by atoms with Crippen molar-refractivity contribution in [2.24, 2.45) is 0 Å². The predicted octanol–water partition coefficient (Wildman–Crippen LogP) is 1.60. The van der Waals surface area contributed by atoms with E-state index in [-0.39, 0.29) is 11.6 Å². The topological polar surface area (TPSA) is 52.9 Å². The fourth-order valence-electron chi connectivity index (χ4n) is 2.41. The highest BCUT2D eigenvalue weighted by atomic mass is 16.1. The fourth-order valence-corrected chi connectivity index (χ4v) is 2.41. The van der Waals surface area contributed by atoms with Crippen molar-refractivity contribution in [2.45, 2.75) is 20.8 Å². The molecular weight excluding hydrogens is 216 g/mol. The van der Waals surface area contributed by atoms with Crippen LogP contribution in [0.2, 0.25) is 0 Å². The summed E-state index contributed by atoms with van der Waals surface area (Å²) in [4.78, 5) is 29.6. The van der Waals surface area contributed by atoms with Crippen molar-refractivity contribution in [2.75, 3.05) is 13.1 Å². The maximum Gasteiger partial charge on any atom is 0.212 e. The molecule has 4 heteroatoms. The van der Waals surface area contributed by atoms with Crippen molar-refractivity contribution in [3.05, 3.63) is 33.8 Å². The Kier molecular flexibility index (Phi) is 1.88. The van der Waals surface area contributed by atoms with Crippen LogP contribution in [0.5, 0.6) is 0 Å². The van der Waals surface area contributed by atoms with Crippen LogP contribution in [-0.4, -0.2) is 34.5 Å². The zero-order valence-electron chi connectivity index (χ0n) is 10.2. The molecular formula is C13H14N2O2. The Morgan fingerprint density at radius 3 is 2.29 bits per heavy atom. The van der Waals surface area contributed by atoms with Gasteiger partial charge in [0.1, 0.15) is 0 Å². The number of aromatic nitrogens is 1. The Morgan fingerprint density at radius 1 is 1.06 bits per heavy atom. The van der Waals surface area contributed by atoms with E-state index in [1.807, 2.05) is 18.7 Å². The number of H-pyrrole nitrogens is 1. The number of Topliss-reactive ketones (excluding diaryl/α,β-unsaturated/α-hetero) is 2. The van der Waals surface area contributed by atoms with E-state index in [1.165, 1.54) is 0 Å². The maximum absolute atomic E-state index is 12.4. The molecule has 1 fully saturated rings. The summed E-state index contributed by atoms with van der Waals surface area (Å²) in [6.07, 6.45) is 0. The molecule has 0 aromatic carbocycles. The first-order chi connectivity index (χ1) is 8.02. The Hall–Kier alpha value is -1.84. The Balaban J connectivity index is 2.24. The minimum absolute atomic E-state index is 0.00329. The third kappa shape index (κ3) is 1.24. The molecule has 0 saturated carbocycles. The van der Waals surface area contributed by atoms with Gasteiger partial charge in [-0.3, -0.25) is 9.59 Å². The summed E-state index contributed by atoms with van der Waals surface area (Å²) in [6.45, 7) is 7.27. The summed E-state index contributed by atoms with van der Waals surface area (Å²) in [6, 6.07) is 0. The Labute approximate surface area is 99.3 Å². The molecule has 4 nitrogen and oxygen atoms in total. The van der Waals surface area contributed by atoms with Crippen molar-refractivity contribution >= 4 is 11.6 Å². The molecule has 1 N–H and O–H groups in total. The van der Waals surface area contributed by atoms with Crippen LogP contribution >= 0.6 is 0 Å². The molecule has 88 valence electrons. The molecule has 17 heavy (non-hydrogen) atoms. The number of allylic oxidation sites excluding steroid dienone is 2. The highest BCUT2D eigenvalue weighted by molar-refractivity contribution is 6.26. The van der Waals surface area contributed by atoms with Crippen molar-refractivity contribution in [1.29, 1.82) is 0 Å². The largest absolute Gasteiger partial charge is 0.364 e. The van der Waals surface area contributed by atoms with Gasteiger partial charge in [0.05, 0.1) is 17.0 Å². The molecule has 0 radical (unpaired) electrons. The fraction of sp³-hybridized carbons (Fsp3) is 0.385. The van der Waals surface area contributed by atoms with E-state index in [0.717, 1.165) is 24.3 Å². The number of ketones is 2. The van der Waals surface area contributed by atoms with Gasteiger partial charge < -0.3 is 9.88 Å². The van der Waals surface area contributed by atoms with Crippen LogP contribution in [0.4, 0.5) is 0 Å². The molecule has 2 heterocycles. The van der Waals surface area contributed by atoms with E-state index in [9.17, 15) is 9.59 Å². The van der Waals surface area contributed by atoms with E-state index in [0.29, 0.717) is 22.5 Å². The number of hydrogen-bond acceptors (Lipinski definition) is 3. The molecule has 0 atom stereocenters. The van der Waals surface area contributed by atoms with E-state index < -0.39 is 0 Å². The highest BCUT2D eigenvalue weighted by Crippen LogP contribution is 2.33. The molecule has 0 amide bonds. The van der Waals surface area contributed by atoms with Gasteiger partial charge in [-0.2, -0.15) is 0 Å². The average Bonchev–Trinajstić information content (AvgIpc) is 3.05. The molecule has 0 bridgehead atoms. The average molecular weight is 230 g/mol. The van der Waals surface area contributed by atoms with Crippen LogP contribution in [-0.2, 0) is 0 Å². The molecule has 1 aromatic rings. The van der Waals surface area contributed by atoms with Crippen molar-refractivity contribution in [3.63, 3.8) is 0 Å². The molecule has 1 saturated heterocycles. The monoisotopic (exact) mass is 230 g/mol. The number of carbonyl (C=O) groups excluding carboxylic acids is 2. The quantitative estimate of drug-likeness (QED) is 0.745. The lowest BCUT2D eigenvalue weighted by atomic mass is 9.90. The molecule has 0 unspecified atom stereocenters. The third-order valence-electron chi connectivity index (χ3n) is 3.63. The van der Waals surface area contributed by atoms with Crippen LogP contribution in [0.3, 0.4) is 0 Å². The van der Waals surface area contributed by atoms with Gasteiger partial charge in [-0.15, -0.1) is 0 Å². The van der Waals surface area contributed by atoms with Gasteiger partial charge in [0.15, 0.2) is 0 Å².